The average Bonchev–Trinajstić information content (AvgIpc) is 2.25. The summed E-state index contributed by atoms with van der Waals surface area (Å²) in [5.74, 6) is 0.616. The van der Waals surface area contributed by atoms with Gasteiger partial charge in [-0.1, -0.05) is 0 Å². The SMILES string of the molecule is Cc1nc(C)c(C(C)NCC(C)(C)C#N)c(=O)[nH]1. The molecule has 0 saturated carbocycles. The van der Waals surface area contributed by atoms with Crippen molar-refractivity contribution in [1.82, 2.24) is 15.3 Å². The zero-order chi connectivity index (χ0) is 13.9. The Kier molecular flexibility index (Phi) is 4.25. The van der Waals surface area contributed by atoms with Gasteiger partial charge < -0.3 is 10.3 Å². The van der Waals surface area contributed by atoms with E-state index in [0.29, 0.717) is 17.9 Å². The van der Waals surface area contributed by atoms with Crippen LogP contribution in [0.2, 0.25) is 0 Å². The van der Waals surface area contributed by atoms with Gasteiger partial charge in [0.05, 0.1) is 17.0 Å². The summed E-state index contributed by atoms with van der Waals surface area (Å²) in [4.78, 5) is 18.9. The maximum Gasteiger partial charge on any atom is 0.255 e. The predicted octanol–water partition coefficient (Wildman–Crippen LogP) is 1.59. The van der Waals surface area contributed by atoms with E-state index in [9.17, 15) is 4.79 Å². The second-order valence-corrected chi connectivity index (χ2v) is 5.25. The molecule has 0 fully saturated rings. The molecule has 1 atom stereocenters. The number of nitrogens with zero attached hydrogens (tertiary/aromatic N) is 2. The van der Waals surface area contributed by atoms with Crippen LogP contribution in [0.25, 0.3) is 0 Å². The fourth-order valence-corrected chi connectivity index (χ4v) is 1.80. The lowest BCUT2D eigenvalue weighted by atomic mass is 9.95. The Bertz CT molecular complexity index is 525. The second kappa shape index (κ2) is 5.32. The molecule has 5 nitrogen and oxygen atoms in total. The van der Waals surface area contributed by atoms with Crippen LogP contribution in [0, 0.1) is 30.6 Å². The van der Waals surface area contributed by atoms with Gasteiger partial charge >= 0.3 is 0 Å². The number of rotatable bonds is 4. The first-order valence-electron chi connectivity index (χ1n) is 5.99. The Morgan fingerprint density at radius 3 is 2.61 bits per heavy atom. The van der Waals surface area contributed by atoms with Crippen molar-refractivity contribution in [2.24, 2.45) is 5.41 Å². The Balaban J connectivity index is 2.90. The Morgan fingerprint density at radius 1 is 1.50 bits per heavy atom. The highest BCUT2D eigenvalue weighted by Crippen LogP contribution is 2.15. The summed E-state index contributed by atoms with van der Waals surface area (Å²) in [7, 11) is 0. The van der Waals surface area contributed by atoms with Crippen molar-refractivity contribution < 1.29 is 0 Å². The van der Waals surface area contributed by atoms with Gasteiger partial charge in [0.15, 0.2) is 0 Å². The summed E-state index contributed by atoms with van der Waals surface area (Å²) >= 11 is 0. The smallest absolute Gasteiger partial charge is 0.255 e. The van der Waals surface area contributed by atoms with Gasteiger partial charge in [-0.15, -0.1) is 0 Å². The number of aryl methyl sites for hydroxylation is 2. The third kappa shape index (κ3) is 3.41. The minimum absolute atomic E-state index is 0.116. The third-order valence-corrected chi connectivity index (χ3v) is 2.85. The van der Waals surface area contributed by atoms with Crippen molar-refractivity contribution in [3.8, 4) is 6.07 Å². The summed E-state index contributed by atoms with van der Waals surface area (Å²) in [5.41, 5.74) is 0.794. The molecule has 18 heavy (non-hydrogen) atoms. The molecule has 0 radical (unpaired) electrons. The zero-order valence-electron chi connectivity index (χ0n) is 11.6. The molecule has 0 amide bonds. The second-order valence-electron chi connectivity index (χ2n) is 5.25. The number of aromatic nitrogens is 2. The van der Waals surface area contributed by atoms with Gasteiger partial charge in [0.25, 0.3) is 5.56 Å². The molecular weight excluding hydrogens is 228 g/mol. The average molecular weight is 248 g/mol. The molecule has 1 unspecified atom stereocenters. The van der Waals surface area contributed by atoms with E-state index in [1.807, 2.05) is 27.7 Å². The van der Waals surface area contributed by atoms with Gasteiger partial charge in [-0.05, 0) is 34.6 Å². The van der Waals surface area contributed by atoms with Crippen LogP contribution in [-0.2, 0) is 0 Å². The normalized spacial score (nSPS) is 13.1. The van der Waals surface area contributed by atoms with Crippen molar-refractivity contribution in [2.75, 3.05) is 6.54 Å². The van der Waals surface area contributed by atoms with Crippen LogP contribution in [0.5, 0.6) is 0 Å². The Labute approximate surface area is 107 Å². The molecule has 0 spiro atoms. The van der Waals surface area contributed by atoms with Gasteiger partial charge in [-0.2, -0.15) is 5.26 Å². The molecule has 0 bridgehead atoms. The number of H-pyrrole nitrogens is 1. The van der Waals surface area contributed by atoms with E-state index in [2.05, 4.69) is 21.4 Å². The van der Waals surface area contributed by atoms with E-state index < -0.39 is 5.41 Å². The summed E-state index contributed by atoms with van der Waals surface area (Å²) in [5, 5.41) is 12.2. The third-order valence-electron chi connectivity index (χ3n) is 2.85. The molecule has 1 heterocycles. The van der Waals surface area contributed by atoms with E-state index in [4.69, 9.17) is 5.26 Å². The fraction of sp³-hybridized carbons (Fsp3) is 0.615. The van der Waals surface area contributed by atoms with Crippen LogP contribution in [-0.4, -0.2) is 16.5 Å². The number of hydrogen-bond acceptors (Lipinski definition) is 4. The topological polar surface area (TPSA) is 81.6 Å². The summed E-state index contributed by atoms with van der Waals surface area (Å²) in [6.07, 6.45) is 0. The van der Waals surface area contributed by atoms with Crippen LogP contribution >= 0.6 is 0 Å². The summed E-state index contributed by atoms with van der Waals surface area (Å²) in [6.45, 7) is 9.73. The van der Waals surface area contributed by atoms with Gasteiger partial charge in [-0.3, -0.25) is 4.79 Å². The van der Waals surface area contributed by atoms with E-state index in [1.54, 1.807) is 6.92 Å². The molecule has 1 aromatic heterocycles. The van der Waals surface area contributed by atoms with Crippen molar-refractivity contribution >= 4 is 0 Å². The van der Waals surface area contributed by atoms with Gasteiger partial charge in [0.1, 0.15) is 5.82 Å². The van der Waals surface area contributed by atoms with Crippen LogP contribution < -0.4 is 10.9 Å². The minimum Gasteiger partial charge on any atom is -0.310 e. The largest absolute Gasteiger partial charge is 0.310 e. The molecule has 2 N–H and O–H groups in total. The highest BCUT2D eigenvalue weighted by atomic mass is 16.1. The van der Waals surface area contributed by atoms with Crippen molar-refractivity contribution in [3.63, 3.8) is 0 Å². The molecule has 98 valence electrons. The first-order chi connectivity index (χ1) is 8.26. The molecule has 5 heteroatoms. The fourth-order valence-electron chi connectivity index (χ4n) is 1.80. The van der Waals surface area contributed by atoms with Crippen molar-refractivity contribution in [1.29, 1.82) is 5.26 Å². The lowest BCUT2D eigenvalue weighted by Crippen LogP contribution is -2.33. The summed E-state index contributed by atoms with van der Waals surface area (Å²) in [6, 6.07) is 2.09. The van der Waals surface area contributed by atoms with Crippen molar-refractivity contribution in [2.45, 2.75) is 40.7 Å². The Morgan fingerprint density at radius 2 is 2.11 bits per heavy atom. The van der Waals surface area contributed by atoms with Gasteiger partial charge in [-0.25, -0.2) is 4.98 Å². The lowest BCUT2D eigenvalue weighted by molar-refractivity contribution is 0.413. The summed E-state index contributed by atoms with van der Waals surface area (Å²) < 4.78 is 0. The first-order valence-corrected chi connectivity index (χ1v) is 5.99. The van der Waals surface area contributed by atoms with Crippen LogP contribution in [0.15, 0.2) is 4.79 Å². The standard InChI is InChI=1S/C13H20N4O/c1-8(15-7-13(4,5)6-14)11-9(2)16-10(3)17-12(11)18/h8,15H,7H2,1-5H3,(H,16,17,18). The molecule has 0 aliphatic carbocycles. The van der Waals surface area contributed by atoms with E-state index >= 15 is 0 Å². The van der Waals surface area contributed by atoms with Crippen LogP contribution in [0.3, 0.4) is 0 Å². The lowest BCUT2D eigenvalue weighted by Gasteiger charge is -2.21. The zero-order valence-corrected chi connectivity index (χ0v) is 11.6. The number of aromatic amines is 1. The maximum absolute atomic E-state index is 11.9. The van der Waals surface area contributed by atoms with E-state index in [1.165, 1.54) is 0 Å². The monoisotopic (exact) mass is 248 g/mol. The molecule has 0 aromatic carbocycles. The Hall–Kier alpha value is -1.67. The molecule has 0 aliphatic rings. The molecule has 0 aliphatic heterocycles. The quantitative estimate of drug-likeness (QED) is 0.847. The number of nitrogens with one attached hydrogen (secondary N) is 2. The van der Waals surface area contributed by atoms with E-state index in [-0.39, 0.29) is 11.6 Å². The molecule has 1 aromatic rings. The van der Waals surface area contributed by atoms with Crippen LogP contribution in [0.4, 0.5) is 0 Å². The highest BCUT2D eigenvalue weighted by molar-refractivity contribution is 5.20. The molecule has 0 saturated heterocycles. The maximum atomic E-state index is 11.9. The number of nitriles is 1. The first kappa shape index (κ1) is 14.4. The van der Waals surface area contributed by atoms with Gasteiger partial charge in [0.2, 0.25) is 0 Å². The molecule has 1 rings (SSSR count). The van der Waals surface area contributed by atoms with Crippen LogP contribution in [0.1, 0.15) is 43.9 Å². The highest BCUT2D eigenvalue weighted by Gasteiger charge is 2.20. The van der Waals surface area contributed by atoms with Crippen molar-refractivity contribution in [3.05, 3.63) is 27.4 Å². The number of hydrogen-bond donors (Lipinski definition) is 2. The van der Waals surface area contributed by atoms with E-state index in [0.717, 1.165) is 5.69 Å². The predicted molar refractivity (Wildman–Crippen MR) is 70.1 cm³/mol. The van der Waals surface area contributed by atoms with Gasteiger partial charge in [0, 0.05) is 18.3 Å². The minimum atomic E-state index is -0.451. The molecular formula is C13H20N4O.